The van der Waals surface area contributed by atoms with E-state index in [-0.39, 0.29) is 0 Å². The Bertz CT molecular complexity index is 206. The summed E-state index contributed by atoms with van der Waals surface area (Å²) < 4.78 is 0. The first-order chi connectivity index (χ1) is 7.79. The molecule has 0 bridgehead atoms. The summed E-state index contributed by atoms with van der Waals surface area (Å²) >= 11 is 0. The molecule has 2 unspecified atom stereocenters. The lowest BCUT2D eigenvalue weighted by molar-refractivity contribution is 0.0631. The van der Waals surface area contributed by atoms with E-state index in [1.165, 1.54) is 38.8 Å². The second-order valence-electron chi connectivity index (χ2n) is 5.61. The molecule has 94 valence electrons. The Morgan fingerprint density at radius 1 is 1.31 bits per heavy atom. The number of hydrogen-bond donors (Lipinski definition) is 2. The van der Waals surface area contributed by atoms with Gasteiger partial charge in [-0.3, -0.25) is 4.90 Å². The number of hydrogen-bond acceptors (Lipinski definition) is 3. The first kappa shape index (κ1) is 12.3. The second-order valence-corrected chi connectivity index (χ2v) is 5.61. The van der Waals surface area contributed by atoms with Gasteiger partial charge in [0, 0.05) is 31.8 Å². The molecule has 2 N–H and O–H groups in total. The molecule has 0 aromatic rings. The summed E-state index contributed by atoms with van der Waals surface area (Å²) in [5.41, 5.74) is 0. The maximum absolute atomic E-state index is 8.78. The lowest BCUT2D eigenvalue weighted by Gasteiger charge is -2.44. The molecule has 2 aliphatic rings. The van der Waals surface area contributed by atoms with Crippen molar-refractivity contribution in [3.63, 3.8) is 0 Å². The van der Waals surface area contributed by atoms with Crippen molar-refractivity contribution >= 4 is 0 Å². The lowest BCUT2D eigenvalue weighted by Crippen LogP contribution is -2.54. The van der Waals surface area contributed by atoms with Crippen LogP contribution in [0.15, 0.2) is 0 Å². The Morgan fingerprint density at radius 2 is 2.12 bits per heavy atom. The molecule has 0 spiro atoms. The molecule has 16 heavy (non-hydrogen) atoms. The van der Waals surface area contributed by atoms with E-state index in [4.69, 9.17) is 5.11 Å². The third-order valence-electron chi connectivity index (χ3n) is 4.05. The van der Waals surface area contributed by atoms with Crippen LogP contribution in [0.1, 0.15) is 39.0 Å². The lowest BCUT2D eigenvalue weighted by atomic mass is 9.87. The van der Waals surface area contributed by atoms with Crippen molar-refractivity contribution < 1.29 is 5.11 Å². The number of nitrogens with one attached hydrogen (secondary N) is 1. The van der Waals surface area contributed by atoms with Crippen LogP contribution in [-0.4, -0.2) is 48.3 Å². The summed E-state index contributed by atoms with van der Waals surface area (Å²) in [6.07, 6.45) is 6.44. The van der Waals surface area contributed by atoms with Crippen molar-refractivity contribution in [2.24, 2.45) is 5.92 Å². The maximum Gasteiger partial charge on any atom is 0.0443 e. The predicted octanol–water partition coefficient (Wildman–Crippen LogP) is 1.22. The fourth-order valence-electron chi connectivity index (χ4n) is 2.98. The quantitative estimate of drug-likeness (QED) is 0.692. The van der Waals surface area contributed by atoms with Crippen LogP contribution >= 0.6 is 0 Å². The van der Waals surface area contributed by atoms with Crippen LogP contribution in [0.3, 0.4) is 0 Å². The van der Waals surface area contributed by atoms with Crippen LogP contribution in [0, 0.1) is 5.92 Å². The third kappa shape index (κ3) is 3.19. The monoisotopic (exact) mass is 226 g/mol. The van der Waals surface area contributed by atoms with Gasteiger partial charge in [0.1, 0.15) is 0 Å². The Morgan fingerprint density at radius 3 is 2.75 bits per heavy atom. The molecule has 2 atom stereocenters. The smallest absolute Gasteiger partial charge is 0.0443 e. The molecular formula is C13H26N2O. The highest BCUT2D eigenvalue weighted by atomic mass is 16.3. The van der Waals surface area contributed by atoms with Crippen molar-refractivity contribution in [2.45, 2.75) is 51.1 Å². The number of aliphatic hydroxyl groups is 1. The van der Waals surface area contributed by atoms with E-state index in [0.717, 1.165) is 24.9 Å². The van der Waals surface area contributed by atoms with Gasteiger partial charge in [-0.05, 0) is 38.1 Å². The first-order valence-corrected chi connectivity index (χ1v) is 6.88. The Labute approximate surface area is 99.2 Å². The molecule has 1 aliphatic carbocycles. The van der Waals surface area contributed by atoms with Crippen molar-refractivity contribution in [3.05, 3.63) is 0 Å². The van der Waals surface area contributed by atoms with Gasteiger partial charge in [-0.2, -0.15) is 0 Å². The first-order valence-electron chi connectivity index (χ1n) is 6.88. The van der Waals surface area contributed by atoms with Crippen molar-refractivity contribution in [3.8, 4) is 0 Å². The maximum atomic E-state index is 8.78. The Hall–Kier alpha value is -0.120. The highest BCUT2D eigenvalue weighted by Crippen LogP contribution is 2.28. The van der Waals surface area contributed by atoms with Crippen LogP contribution in [0.5, 0.6) is 0 Å². The van der Waals surface area contributed by atoms with E-state index >= 15 is 0 Å². The minimum atomic E-state index is 0.307. The van der Waals surface area contributed by atoms with Gasteiger partial charge in [-0.25, -0.2) is 0 Å². The van der Waals surface area contributed by atoms with E-state index in [0.29, 0.717) is 12.6 Å². The van der Waals surface area contributed by atoms with Crippen molar-refractivity contribution in [1.82, 2.24) is 10.2 Å². The van der Waals surface area contributed by atoms with E-state index in [9.17, 15) is 0 Å². The van der Waals surface area contributed by atoms with E-state index in [1.54, 1.807) is 0 Å². The van der Waals surface area contributed by atoms with Crippen molar-refractivity contribution in [1.29, 1.82) is 0 Å². The topological polar surface area (TPSA) is 35.5 Å². The Kier molecular flexibility index (Phi) is 4.62. The highest BCUT2D eigenvalue weighted by Gasteiger charge is 2.31. The van der Waals surface area contributed by atoms with Gasteiger partial charge in [-0.15, -0.1) is 0 Å². The SMILES string of the molecule is CC1CC(NCCCO)CN(C2CCC2)C1. The van der Waals surface area contributed by atoms with Gasteiger partial charge in [0.25, 0.3) is 0 Å². The minimum Gasteiger partial charge on any atom is -0.396 e. The molecule has 3 heteroatoms. The van der Waals surface area contributed by atoms with Crippen LogP contribution in [0.4, 0.5) is 0 Å². The Balaban J connectivity index is 1.75. The molecule has 1 saturated heterocycles. The zero-order valence-electron chi connectivity index (χ0n) is 10.5. The van der Waals surface area contributed by atoms with E-state index in [1.807, 2.05) is 0 Å². The van der Waals surface area contributed by atoms with Gasteiger partial charge in [0.05, 0.1) is 0 Å². The third-order valence-corrected chi connectivity index (χ3v) is 4.05. The normalized spacial score (nSPS) is 32.6. The van der Waals surface area contributed by atoms with Crippen LogP contribution in [-0.2, 0) is 0 Å². The predicted molar refractivity (Wildman–Crippen MR) is 66.5 cm³/mol. The average Bonchev–Trinajstić information content (AvgIpc) is 2.14. The van der Waals surface area contributed by atoms with E-state index < -0.39 is 0 Å². The molecule has 0 radical (unpaired) electrons. The van der Waals surface area contributed by atoms with Gasteiger partial charge >= 0.3 is 0 Å². The van der Waals surface area contributed by atoms with Crippen LogP contribution in [0.25, 0.3) is 0 Å². The number of likely N-dealkylation sites (tertiary alicyclic amines) is 1. The number of aliphatic hydroxyl groups excluding tert-OH is 1. The van der Waals surface area contributed by atoms with Crippen molar-refractivity contribution in [2.75, 3.05) is 26.2 Å². The van der Waals surface area contributed by atoms with Gasteiger partial charge in [0.2, 0.25) is 0 Å². The average molecular weight is 226 g/mol. The summed E-state index contributed by atoms with van der Waals surface area (Å²) in [6, 6.07) is 1.53. The van der Waals surface area contributed by atoms with Gasteiger partial charge in [0.15, 0.2) is 0 Å². The standard InChI is InChI=1S/C13H26N2O/c1-11-8-12(14-6-3-7-16)10-15(9-11)13-4-2-5-13/h11-14,16H,2-10H2,1H3. The zero-order chi connectivity index (χ0) is 11.4. The number of nitrogens with zero attached hydrogens (tertiary/aromatic N) is 1. The molecule has 1 aliphatic heterocycles. The molecule has 2 rings (SSSR count). The van der Waals surface area contributed by atoms with Gasteiger partial charge < -0.3 is 10.4 Å². The van der Waals surface area contributed by atoms with Crippen LogP contribution in [0.2, 0.25) is 0 Å². The number of rotatable bonds is 5. The summed E-state index contributed by atoms with van der Waals surface area (Å²) in [5, 5.41) is 12.4. The molecule has 1 saturated carbocycles. The summed E-state index contributed by atoms with van der Waals surface area (Å²) in [5.74, 6) is 0.820. The molecule has 3 nitrogen and oxygen atoms in total. The molecule has 0 amide bonds. The highest BCUT2D eigenvalue weighted by molar-refractivity contribution is 4.88. The molecule has 0 aromatic heterocycles. The summed E-state index contributed by atoms with van der Waals surface area (Å²) in [4.78, 5) is 2.69. The molecule has 1 heterocycles. The van der Waals surface area contributed by atoms with Crippen LogP contribution < -0.4 is 5.32 Å². The molecule has 2 fully saturated rings. The molecule has 0 aromatic carbocycles. The minimum absolute atomic E-state index is 0.307. The zero-order valence-corrected chi connectivity index (χ0v) is 10.5. The fourth-order valence-corrected chi connectivity index (χ4v) is 2.98. The summed E-state index contributed by atoms with van der Waals surface area (Å²) in [6.45, 7) is 6.16. The largest absolute Gasteiger partial charge is 0.396 e. The van der Waals surface area contributed by atoms with E-state index in [2.05, 4.69) is 17.1 Å². The second kappa shape index (κ2) is 5.99. The summed E-state index contributed by atoms with van der Waals surface area (Å²) in [7, 11) is 0. The fraction of sp³-hybridized carbons (Fsp3) is 1.00. The molecular weight excluding hydrogens is 200 g/mol. The number of piperidine rings is 1. The van der Waals surface area contributed by atoms with Gasteiger partial charge in [-0.1, -0.05) is 13.3 Å².